The Labute approximate surface area is 89.2 Å². The maximum Gasteiger partial charge on any atom is 0.306 e. The summed E-state index contributed by atoms with van der Waals surface area (Å²) in [5.41, 5.74) is 0. The van der Waals surface area contributed by atoms with Gasteiger partial charge in [-0.1, -0.05) is 6.92 Å². The third kappa shape index (κ3) is 3.17. The van der Waals surface area contributed by atoms with Gasteiger partial charge in [0.25, 0.3) is 10.1 Å². The molecule has 1 aliphatic rings. The van der Waals surface area contributed by atoms with Crippen LogP contribution in [0, 0.1) is 18.3 Å². The summed E-state index contributed by atoms with van der Waals surface area (Å²) in [6.45, 7) is 1.57. The van der Waals surface area contributed by atoms with Gasteiger partial charge in [-0.05, 0) is 31.6 Å². The summed E-state index contributed by atoms with van der Waals surface area (Å²) >= 11 is 0. The lowest BCUT2D eigenvalue weighted by Crippen LogP contribution is -2.33. The zero-order chi connectivity index (χ0) is 11.6. The summed E-state index contributed by atoms with van der Waals surface area (Å²) in [6, 6.07) is 0. The zero-order valence-electron chi connectivity index (χ0n) is 8.46. The maximum atomic E-state index is 10.9. The first kappa shape index (κ1) is 12.4. The molecule has 0 bridgehead atoms. The molecule has 0 aromatic carbocycles. The molecule has 3 atom stereocenters. The normalized spacial score (nSPS) is 29.7. The van der Waals surface area contributed by atoms with Crippen LogP contribution in [0.5, 0.6) is 0 Å². The van der Waals surface area contributed by atoms with Crippen molar-refractivity contribution in [2.24, 2.45) is 11.8 Å². The van der Waals surface area contributed by atoms with Gasteiger partial charge in [-0.15, -0.1) is 0 Å². The Kier molecular flexibility index (Phi) is 3.72. The number of carbonyl (C=O) groups is 1. The van der Waals surface area contributed by atoms with Crippen molar-refractivity contribution in [3.8, 4) is 0 Å². The highest BCUT2D eigenvalue weighted by Gasteiger charge is 2.35. The Hall–Kier alpha value is -0.620. The lowest BCUT2D eigenvalue weighted by atomic mass is 9.81. The Morgan fingerprint density at radius 3 is 2.60 bits per heavy atom. The molecule has 5 nitrogen and oxygen atoms in total. The number of hydrogen-bond acceptors (Lipinski definition) is 3. The quantitative estimate of drug-likeness (QED) is 0.711. The monoisotopic (exact) mass is 235 g/mol. The molecular formula is C9H15O5S. The second-order valence-corrected chi connectivity index (χ2v) is 5.62. The lowest BCUT2D eigenvalue weighted by Gasteiger charge is -2.29. The van der Waals surface area contributed by atoms with E-state index >= 15 is 0 Å². The van der Waals surface area contributed by atoms with Crippen LogP contribution in [-0.4, -0.2) is 29.3 Å². The van der Waals surface area contributed by atoms with Crippen LogP contribution in [-0.2, 0) is 14.9 Å². The highest BCUT2D eigenvalue weighted by Crippen LogP contribution is 2.32. The molecule has 0 spiro atoms. The molecule has 3 unspecified atom stereocenters. The van der Waals surface area contributed by atoms with Gasteiger partial charge in [0, 0.05) is 0 Å². The molecule has 0 aromatic rings. The predicted octanol–water partition coefficient (Wildman–Crippen LogP) is 0.968. The van der Waals surface area contributed by atoms with Gasteiger partial charge < -0.3 is 5.11 Å². The fraction of sp³-hybridized carbons (Fsp3) is 0.778. The molecule has 0 heterocycles. The molecule has 0 amide bonds. The van der Waals surface area contributed by atoms with Crippen molar-refractivity contribution < 1.29 is 22.9 Å². The summed E-state index contributed by atoms with van der Waals surface area (Å²) < 4.78 is 30.7. The van der Waals surface area contributed by atoms with Gasteiger partial charge in [-0.2, -0.15) is 8.42 Å². The van der Waals surface area contributed by atoms with Crippen LogP contribution in [0.3, 0.4) is 0 Å². The number of carboxylic acids is 1. The predicted molar refractivity (Wildman–Crippen MR) is 53.8 cm³/mol. The van der Waals surface area contributed by atoms with Gasteiger partial charge in [-0.3, -0.25) is 9.35 Å². The first-order valence-electron chi connectivity index (χ1n) is 4.85. The van der Waals surface area contributed by atoms with Gasteiger partial charge in [0.15, 0.2) is 0 Å². The van der Waals surface area contributed by atoms with E-state index in [-0.39, 0.29) is 12.3 Å². The van der Waals surface area contributed by atoms with Crippen LogP contribution in [0.2, 0.25) is 0 Å². The molecule has 0 aromatic heterocycles. The maximum absolute atomic E-state index is 10.9. The van der Waals surface area contributed by atoms with Gasteiger partial charge >= 0.3 is 5.97 Å². The SMILES string of the molecule is CC(C(=O)O)C1CC[CH]C(S(=O)(=O)O)C1. The fourth-order valence-electron chi connectivity index (χ4n) is 1.91. The summed E-state index contributed by atoms with van der Waals surface area (Å²) in [5.74, 6) is -1.67. The van der Waals surface area contributed by atoms with Crippen molar-refractivity contribution in [3.63, 3.8) is 0 Å². The summed E-state index contributed by atoms with van der Waals surface area (Å²) in [6.07, 6.45) is 2.94. The standard InChI is InChI=1S/C9H15O5S/c1-6(9(10)11)7-3-2-4-8(5-7)15(12,13)14/h4,6-8H,2-3,5H2,1H3,(H,10,11)(H,12,13,14). The molecule has 1 radical (unpaired) electrons. The Balaban J connectivity index is 2.68. The fourth-order valence-corrected chi connectivity index (χ4v) is 2.78. The molecule has 6 heteroatoms. The van der Waals surface area contributed by atoms with Crippen LogP contribution in [0.4, 0.5) is 0 Å². The van der Waals surface area contributed by atoms with Gasteiger partial charge in [0.05, 0.1) is 11.2 Å². The van der Waals surface area contributed by atoms with E-state index in [1.807, 2.05) is 0 Å². The molecular weight excluding hydrogens is 220 g/mol. The Morgan fingerprint density at radius 2 is 2.13 bits per heavy atom. The molecule has 87 valence electrons. The van der Waals surface area contributed by atoms with E-state index in [9.17, 15) is 13.2 Å². The summed E-state index contributed by atoms with van der Waals surface area (Å²) in [7, 11) is -4.07. The minimum Gasteiger partial charge on any atom is -0.481 e. The topological polar surface area (TPSA) is 91.7 Å². The molecule has 1 rings (SSSR count). The van der Waals surface area contributed by atoms with Crippen LogP contribution in [0.15, 0.2) is 0 Å². The minimum atomic E-state index is -4.07. The first-order chi connectivity index (χ1) is 6.82. The highest BCUT2D eigenvalue weighted by molar-refractivity contribution is 7.86. The van der Waals surface area contributed by atoms with Crippen LogP contribution >= 0.6 is 0 Å². The molecule has 0 aliphatic heterocycles. The van der Waals surface area contributed by atoms with E-state index < -0.39 is 27.3 Å². The van der Waals surface area contributed by atoms with Crippen molar-refractivity contribution in [3.05, 3.63) is 6.42 Å². The van der Waals surface area contributed by atoms with E-state index in [4.69, 9.17) is 9.66 Å². The minimum absolute atomic E-state index is 0.181. The van der Waals surface area contributed by atoms with E-state index in [2.05, 4.69) is 0 Å². The lowest BCUT2D eigenvalue weighted by molar-refractivity contribution is -0.143. The third-order valence-corrected chi connectivity index (χ3v) is 4.13. The molecule has 2 N–H and O–H groups in total. The number of carboxylic acid groups (broad SMARTS) is 1. The van der Waals surface area contributed by atoms with Crippen molar-refractivity contribution in [1.29, 1.82) is 0 Å². The van der Waals surface area contributed by atoms with E-state index in [0.717, 1.165) is 0 Å². The molecule has 1 saturated carbocycles. The molecule has 0 saturated heterocycles. The Morgan fingerprint density at radius 1 is 1.53 bits per heavy atom. The summed E-state index contributed by atoms with van der Waals surface area (Å²) in [5, 5.41) is 7.90. The van der Waals surface area contributed by atoms with E-state index in [1.165, 1.54) is 0 Å². The van der Waals surface area contributed by atoms with Gasteiger partial charge in [0.2, 0.25) is 0 Å². The van der Waals surface area contributed by atoms with Gasteiger partial charge in [0.1, 0.15) is 0 Å². The number of aliphatic carboxylic acids is 1. The molecule has 1 aliphatic carbocycles. The average molecular weight is 235 g/mol. The van der Waals surface area contributed by atoms with Crippen LogP contribution in [0.1, 0.15) is 26.2 Å². The van der Waals surface area contributed by atoms with Crippen LogP contribution in [0.25, 0.3) is 0 Å². The third-order valence-electron chi connectivity index (χ3n) is 2.98. The Bertz CT molecular complexity index is 334. The summed E-state index contributed by atoms with van der Waals surface area (Å²) in [4.78, 5) is 10.7. The number of hydrogen-bond donors (Lipinski definition) is 2. The smallest absolute Gasteiger partial charge is 0.306 e. The number of rotatable bonds is 3. The second kappa shape index (κ2) is 4.49. The van der Waals surface area contributed by atoms with E-state index in [1.54, 1.807) is 13.3 Å². The average Bonchev–Trinajstić information content (AvgIpc) is 2.15. The molecule has 1 fully saturated rings. The molecule has 15 heavy (non-hydrogen) atoms. The van der Waals surface area contributed by atoms with Crippen molar-refractivity contribution in [2.75, 3.05) is 0 Å². The highest BCUT2D eigenvalue weighted by atomic mass is 32.2. The largest absolute Gasteiger partial charge is 0.481 e. The van der Waals surface area contributed by atoms with Crippen molar-refractivity contribution in [1.82, 2.24) is 0 Å². The first-order valence-corrected chi connectivity index (χ1v) is 6.35. The second-order valence-electron chi connectivity index (χ2n) is 3.99. The van der Waals surface area contributed by atoms with E-state index in [0.29, 0.717) is 12.8 Å². The van der Waals surface area contributed by atoms with Crippen molar-refractivity contribution >= 4 is 16.1 Å². The van der Waals surface area contributed by atoms with Crippen molar-refractivity contribution in [2.45, 2.75) is 31.4 Å². The van der Waals surface area contributed by atoms with Crippen LogP contribution < -0.4 is 0 Å². The zero-order valence-corrected chi connectivity index (χ0v) is 9.27. The van der Waals surface area contributed by atoms with Gasteiger partial charge in [-0.25, -0.2) is 0 Å².